The number of hydrogen-bond acceptors (Lipinski definition) is 5. The highest BCUT2D eigenvalue weighted by Gasteiger charge is 2.34. The Balaban J connectivity index is 1.40. The van der Waals surface area contributed by atoms with Gasteiger partial charge in [0.1, 0.15) is 0 Å². The van der Waals surface area contributed by atoms with Crippen LogP contribution in [0.3, 0.4) is 0 Å². The van der Waals surface area contributed by atoms with Crippen molar-refractivity contribution in [1.82, 2.24) is 20.2 Å². The van der Waals surface area contributed by atoms with Crippen LogP contribution in [0.25, 0.3) is 0 Å². The fourth-order valence-electron chi connectivity index (χ4n) is 2.76. The first-order valence-electron chi connectivity index (χ1n) is 7.58. The lowest BCUT2D eigenvalue weighted by Gasteiger charge is -2.16. The molecule has 1 aromatic heterocycles. The SMILES string of the molecule is O=C1[C@H](SCc2nnnn2C2CC2)CCN1c1ccccc1. The maximum absolute atomic E-state index is 12.5. The minimum atomic E-state index is 0.00422. The molecule has 1 saturated carbocycles. The van der Waals surface area contributed by atoms with Gasteiger partial charge in [0.2, 0.25) is 5.91 Å². The van der Waals surface area contributed by atoms with Crippen LogP contribution in [0.2, 0.25) is 0 Å². The van der Waals surface area contributed by atoms with Gasteiger partial charge in [-0.25, -0.2) is 4.68 Å². The number of thioether (sulfide) groups is 1. The van der Waals surface area contributed by atoms with Crippen LogP contribution in [0, 0.1) is 0 Å². The monoisotopic (exact) mass is 315 g/mol. The molecule has 2 heterocycles. The predicted octanol–water partition coefficient (Wildman–Crippen LogP) is 2.05. The van der Waals surface area contributed by atoms with Gasteiger partial charge in [-0.1, -0.05) is 18.2 Å². The molecular formula is C15H17N5OS. The Morgan fingerprint density at radius 1 is 1.18 bits per heavy atom. The molecule has 6 nitrogen and oxygen atoms in total. The number of benzene rings is 1. The van der Waals surface area contributed by atoms with E-state index in [1.54, 1.807) is 11.8 Å². The highest BCUT2D eigenvalue weighted by atomic mass is 32.2. The first kappa shape index (κ1) is 13.8. The van der Waals surface area contributed by atoms with E-state index in [9.17, 15) is 4.79 Å². The zero-order valence-electron chi connectivity index (χ0n) is 12.1. The minimum absolute atomic E-state index is 0.00422. The molecule has 0 N–H and O–H groups in total. The van der Waals surface area contributed by atoms with Gasteiger partial charge >= 0.3 is 0 Å². The molecule has 22 heavy (non-hydrogen) atoms. The molecule has 2 aromatic rings. The summed E-state index contributed by atoms with van der Waals surface area (Å²) in [5, 5.41) is 11.9. The summed E-state index contributed by atoms with van der Waals surface area (Å²) < 4.78 is 1.92. The number of tetrazole rings is 1. The first-order chi connectivity index (χ1) is 10.8. The largest absolute Gasteiger partial charge is 0.311 e. The predicted molar refractivity (Wildman–Crippen MR) is 84.6 cm³/mol. The van der Waals surface area contributed by atoms with Gasteiger partial charge < -0.3 is 4.90 Å². The number of carbonyl (C=O) groups is 1. The number of nitrogens with zero attached hydrogens (tertiary/aromatic N) is 5. The Hall–Kier alpha value is -1.89. The summed E-state index contributed by atoms with van der Waals surface area (Å²) in [6.07, 6.45) is 3.20. The molecule has 0 radical (unpaired) electrons. The van der Waals surface area contributed by atoms with E-state index < -0.39 is 0 Å². The molecule has 1 aliphatic carbocycles. The fraction of sp³-hybridized carbons (Fsp3) is 0.467. The summed E-state index contributed by atoms with van der Waals surface area (Å²) in [5.41, 5.74) is 0.985. The first-order valence-corrected chi connectivity index (χ1v) is 8.62. The standard InChI is InChI=1S/C15H17N5OS/c21-15-13(8-9-19(15)11-4-2-1-3-5-11)22-10-14-16-17-18-20(14)12-6-7-12/h1-5,12-13H,6-10H2/t13-/m1/s1. The summed E-state index contributed by atoms with van der Waals surface area (Å²) in [6.45, 7) is 0.786. The quantitative estimate of drug-likeness (QED) is 0.845. The molecule has 2 fully saturated rings. The van der Waals surface area contributed by atoms with Crippen LogP contribution in [0.15, 0.2) is 30.3 Å². The molecule has 114 valence electrons. The highest BCUT2D eigenvalue weighted by molar-refractivity contribution is 7.99. The normalized spacial score (nSPS) is 21.5. The lowest BCUT2D eigenvalue weighted by atomic mass is 10.3. The molecule has 0 bridgehead atoms. The molecule has 1 aromatic carbocycles. The third-order valence-corrected chi connectivity index (χ3v) is 5.36. The van der Waals surface area contributed by atoms with E-state index in [2.05, 4.69) is 15.5 Å². The number of anilines is 1. The average molecular weight is 315 g/mol. The third kappa shape index (κ3) is 2.61. The van der Waals surface area contributed by atoms with Crippen molar-refractivity contribution in [2.45, 2.75) is 36.3 Å². The minimum Gasteiger partial charge on any atom is -0.311 e. The van der Waals surface area contributed by atoms with E-state index in [1.807, 2.05) is 39.9 Å². The van der Waals surface area contributed by atoms with Crippen molar-refractivity contribution < 1.29 is 4.79 Å². The number of rotatable bonds is 5. The third-order valence-electron chi connectivity index (χ3n) is 4.09. The Morgan fingerprint density at radius 3 is 2.77 bits per heavy atom. The average Bonchev–Trinajstić information content (AvgIpc) is 3.18. The summed E-state index contributed by atoms with van der Waals surface area (Å²) >= 11 is 1.65. The van der Waals surface area contributed by atoms with Crippen LogP contribution in [0.5, 0.6) is 0 Å². The maximum atomic E-state index is 12.5. The maximum Gasteiger partial charge on any atom is 0.240 e. The zero-order chi connectivity index (χ0) is 14.9. The molecule has 0 spiro atoms. The van der Waals surface area contributed by atoms with Crippen LogP contribution in [-0.4, -0.2) is 37.9 Å². The van der Waals surface area contributed by atoms with Crippen molar-refractivity contribution in [3.05, 3.63) is 36.2 Å². The Labute approximate surface area is 132 Å². The number of aromatic nitrogens is 4. The van der Waals surface area contributed by atoms with Crippen LogP contribution in [0.4, 0.5) is 5.69 Å². The summed E-state index contributed by atoms with van der Waals surface area (Å²) in [7, 11) is 0. The van der Waals surface area contributed by atoms with Crippen LogP contribution in [0.1, 0.15) is 31.1 Å². The summed E-state index contributed by atoms with van der Waals surface area (Å²) in [6, 6.07) is 10.3. The number of hydrogen-bond donors (Lipinski definition) is 0. The van der Waals surface area contributed by atoms with Gasteiger partial charge in [-0.15, -0.1) is 16.9 Å². The molecular weight excluding hydrogens is 298 g/mol. The number of para-hydroxylation sites is 1. The Bertz CT molecular complexity index is 670. The van der Waals surface area contributed by atoms with E-state index in [0.717, 1.165) is 37.3 Å². The lowest BCUT2D eigenvalue weighted by molar-refractivity contribution is -0.116. The molecule has 7 heteroatoms. The van der Waals surface area contributed by atoms with Crippen molar-refractivity contribution in [2.75, 3.05) is 11.4 Å². The molecule has 1 amide bonds. The fourth-order valence-corrected chi connectivity index (χ4v) is 3.84. The van der Waals surface area contributed by atoms with Crippen molar-refractivity contribution in [2.24, 2.45) is 0 Å². The van der Waals surface area contributed by atoms with Gasteiger partial charge in [0.25, 0.3) is 0 Å². The topological polar surface area (TPSA) is 63.9 Å². The van der Waals surface area contributed by atoms with Crippen LogP contribution >= 0.6 is 11.8 Å². The van der Waals surface area contributed by atoms with Crippen molar-refractivity contribution in [1.29, 1.82) is 0 Å². The number of carbonyl (C=O) groups excluding carboxylic acids is 1. The molecule has 4 rings (SSSR count). The van der Waals surface area contributed by atoms with Gasteiger partial charge in [-0.2, -0.15) is 0 Å². The molecule has 1 saturated heterocycles. The second-order valence-corrected chi connectivity index (χ2v) is 6.88. The van der Waals surface area contributed by atoms with Crippen molar-refractivity contribution in [3.63, 3.8) is 0 Å². The Morgan fingerprint density at radius 2 is 2.00 bits per heavy atom. The van der Waals surface area contributed by atoms with Gasteiger partial charge in [-0.05, 0) is 41.8 Å². The van der Waals surface area contributed by atoms with E-state index in [-0.39, 0.29) is 11.2 Å². The van der Waals surface area contributed by atoms with E-state index in [4.69, 9.17) is 0 Å². The van der Waals surface area contributed by atoms with Crippen molar-refractivity contribution >= 4 is 23.4 Å². The smallest absolute Gasteiger partial charge is 0.240 e. The van der Waals surface area contributed by atoms with Gasteiger partial charge in [0.15, 0.2) is 5.82 Å². The summed E-state index contributed by atoms with van der Waals surface area (Å²) in [5.74, 6) is 1.78. The van der Waals surface area contributed by atoms with E-state index >= 15 is 0 Å². The van der Waals surface area contributed by atoms with Crippen LogP contribution < -0.4 is 4.90 Å². The molecule has 0 unspecified atom stereocenters. The zero-order valence-corrected chi connectivity index (χ0v) is 12.9. The van der Waals surface area contributed by atoms with E-state index in [0.29, 0.717) is 11.8 Å². The second-order valence-electron chi connectivity index (χ2n) is 5.68. The number of amides is 1. The molecule has 2 aliphatic rings. The van der Waals surface area contributed by atoms with Crippen molar-refractivity contribution in [3.8, 4) is 0 Å². The van der Waals surface area contributed by atoms with Gasteiger partial charge in [0, 0.05) is 12.2 Å². The van der Waals surface area contributed by atoms with Gasteiger partial charge in [0.05, 0.1) is 17.0 Å². The van der Waals surface area contributed by atoms with E-state index in [1.165, 1.54) is 0 Å². The molecule has 1 atom stereocenters. The summed E-state index contributed by atoms with van der Waals surface area (Å²) in [4.78, 5) is 14.4. The highest BCUT2D eigenvalue weighted by Crippen LogP contribution is 2.36. The van der Waals surface area contributed by atoms with Gasteiger partial charge in [-0.3, -0.25) is 4.79 Å². The molecule has 1 aliphatic heterocycles. The second kappa shape index (κ2) is 5.72. The van der Waals surface area contributed by atoms with Crippen LogP contribution in [-0.2, 0) is 10.5 Å². The lowest BCUT2D eigenvalue weighted by Crippen LogP contribution is -2.28. The Kier molecular flexibility index (Phi) is 3.57.